The lowest BCUT2D eigenvalue weighted by Gasteiger charge is -2.27. The first-order chi connectivity index (χ1) is 14.2. The first-order valence-electron chi connectivity index (χ1n) is 9.36. The molecule has 0 fully saturated rings. The molecule has 1 unspecified atom stereocenters. The van der Waals surface area contributed by atoms with Crippen LogP contribution in [0.25, 0.3) is 22.3 Å². The maximum Gasteiger partial charge on any atom is 0.225 e. The minimum atomic E-state index is -1.76. The van der Waals surface area contributed by atoms with Gasteiger partial charge >= 0.3 is 0 Å². The molecule has 4 heteroatoms. The molecular formula is C25H21O3P. The Kier molecular flexibility index (Phi) is 5.73. The van der Waals surface area contributed by atoms with Crippen molar-refractivity contribution in [1.29, 1.82) is 0 Å². The fourth-order valence-corrected chi connectivity index (χ4v) is 3.82. The highest BCUT2D eigenvalue weighted by Gasteiger charge is 2.32. The summed E-state index contributed by atoms with van der Waals surface area (Å²) in [7, 11) is -1.60. The van der Waals surface area contributed by atoms with Gasteiger partial charge in [-0.1, -0.05) is 109 Å². The van der Waals surface area contributed by atoms with Gasteiger partial charge in [-0.25, -0.2) is 0 Å². The van der Waals surface area contributed by atoms with E-state index in [-0.39, 0.29) is 0 Å². The molecule has 0 aromatic heterocycles. The van der Waals surface area contributed by atoms with Gasteiger partial charge in [-0.2, -0.15) is 0 Å². The van der Waals surface area contributed by atoms with E-state index in [9.17, 15) is 9.67 Å². The lowest BCUT2D eigenvalue weighted by atomic mass is 9.94. The maximum atomic E-state index is 11.4. The average molecular weight is 400 g/mol. The van der Waals surface area contributed by atoms with E-state index in [1.54, 1.807) is 0 Å². The van der Waals surface area contributed by atoms with Crippen molar-refractivity contribution >= 4 is 8.69 Å². The van der Waals surface area contributed by atoms with Gasteiger partial charge in [0, 0.05) is 11.1 Å². The van der Waals surface area contributed by atoms with Crippen LogP contribution in [-0.2, 0) is 14.9 Å². The third-order valence-corrected chi connectivity index (χ3v) is 5.42. The average Bonchev–Trinajstić information content (AvgIpc) is 2.80. The topological polar surface area (TPSA) is 46.5 Å². The summed E-state index contributed by atoms with van der Waals surface area (Å²) in [6, 6.07) is 34.9. The van der Waals surface area contributed by atoms with Crippen molar-refractivity contribution in [3.63, 3.8) is 0 Å². The summed E-state index contributed by atoms with van der Waals surface area (Å²) in [4.78, 5) is 0. The second-order valence-corrected chi connectivity index (χ2v) is 7.17. The molecule has 29 heavy (non-hydrogen) atoms. The van der Waals surface area contributed by atoms with E-state index >= 15 is 0 Å². The van der Waals surface area contributed by atoms with Crippen molar-refractivity contribution in [1.82, 2.24) is 0 Å². The molecule has 4 rings (SSSR count). The second-order valence-electron chi connectivity index (χ2n) is 6.74. The lowest BCUT2D eigenvalue weighted by molar-refractivity contribution is -0.100. The fraction of sp³-hybridized carbons (Fsp3) is 0.0400. The first kappa shape index (κ1) is 19.4. The van der Waals surface area contributed by atoms with Gasteiger partial charge in [0.05, 0.1) is 0 Å². The molecule has 0 aliphatic heterocycles. The Morgan fingerprint density at radius 3 is 1.24 bits per heavy atom. The molecule has 0 saturated carbocycles. The molecule has 144 valence electrons. The molecule has 0 heterocycles. The summed E-state index contributed by atoms with van der Waals surface area (Å²) in [5, 5.41) is 11.3. The van der Waals surface area contributed by atoms with Gasteiger partial charge in [-0.3, -0.25) is 9.09 Å². The van der Waals surface area contributed by atoms with Crippen LogP contribution in [0.5, 0.6) is 0 Å². The minimum Gasteiger partial charge on any atom is -0.358 e. The maximum absolute atomic E-state index is 11.4. The zero-order valence-electron chi connectivity index (χ0n) is 15.7. The van der Waals surface area contributed by atoms with E-state index < -0.39 is 14.5 Å². The summed E-state index contributed by atoms with van der Waals surface area (Å²) >= 11 is 0. The van der Waals surface area contributed by atoms with Gasteiger partial charge in [-0.15, -0.1) is 0 Å². The largest absolute Gasteiger partial charge is 0.358 e. The van der Waals surface area contributed by atoms with Gasteiger partial charge in [0.15, 0.2) is 8.69 Å². The van der Waals surface area contributed by atoms with Crippen molar-refractivity contribution in [2.75, 3.05) is 0 Å². The molecule has 1 N–H and O–H groups in total. The third-order valence-electron chi connectivity index (χ3n) is 4.99. The number of hydrogen-bond acceptors (Lipinski definition) is 3. The van der Waals surface area contributed by atoms with E-state index in [1.807, 2.05) is 109 Å². The molecule has 4 aromatic rings. The van der Waals surface area contributed by atoms with E-state index in [1.165, 1.54) is 0 Å². The molecule has 4 aromatic carbocycles. The molecule has 0 amide bonds. The number of hydrogen-bond donors (Lipinski definition) is 1. The fourth-order valence-electron chi connectivity index (χ4n) is 3.41. The zero-order chi connectivity index (χ0) is 20.1. The number of benzene rings is 4. The van der Waals surface area contributed by atoms with Crippen LogP contribution in [0.1, 0.15) is 11.1 Å². The van der Waals surface area contributed by atoms with Gasteiger partial charge in [0.25, 0.3) is 0 Å². The van der Waals surface area contributed by atoms with Gasteiger partial charge in [-0.05, 0) is 22.3 Å². The molecule has 0 aliphatic carbocycles. The van der Waals surface area contributed by atoms with Crippen molar-refractivity contribution < 1.29 is 14.2 Å². The van der Waals surface area contributed by atoms with Crippen LogP contribution in [0.4, 0.5) is 0 Å². The minimum absolute atomic E-state index is 0.535. The summed E-state index contributed by atoms with van der Waals surface area (Å²) in [6.07, 6.45) is 0. The Morgan fingerprint density at radius 2 is 0.897 bits per heavy atom. The van der Waals surface area contributed by atoms with Crippen molar-refractivity contribution in [2.45, 2.75) is 5.79 Å². The van der Waals surface area contributed by atoms with Gasteiger partial charge < -0.3 is 5.11 Å². The van der Waals surface area contributed by atoms with Crippen LogP contribution in [0, 0.1) is 0 Å². The Hall–Kier alpha value is -2.97. The van der Waals surface area contributed by atoms with Gasteiger partial charge in [0.2, 0.25) is 5.79 Å². The van der Waals surface area contributed by atoms with E-state index in [0.717, 1.165) is 22.3 Å². The number of rotatable bonds is 6. The summed E-state index contributed by atoms with van der Waals surface area (Å²) in [6.45, 7) is 0. The van der Waals surface area contributed by atoms with E-state index in [0.29, 0.717) is 11.1 Å². The Bertz CT molecular complexity index is 993. The highest BCUT2D eigenvalue weighted by atomic mass is 31.1. The molecule has 0 radical (unpaired) electrons. The van der Waals surface area contributed by atoms with Crippen LogP contribution in [0.15, 0.2) is 109 Å². The Labute approximate surface area is 171 Å². The molecule has 3 nitrogen and oxygen atoms in total. The van der Waals surface area contributed by atoms with Crippen molar-refractivity contribution in [3.8, 4) is 22.3 Å². The third kappa shape index (κ3) is 4.08. The number of aliphatic hydroxyl groups is 1. The van der Waals surface area contributed by atoms with Gasteiger partial charge in [0.1, 0.15) is 0 Å². The van der Waals surface area contributed by atoms with Crippen molar-refractivity contribution in [2.24, 2.45) is 0 Å². The highest BCUT2D eigenvalue weighted by Crippen LogP contribution is 2.36. The lowest BCUT2D eigenvalue weighted by Crippen LogP contribution is -2.27. The Balaban J connectivity index is 1.68. The summed E-state index contributed by atoms with van der Waals surface area (Å²) < 4.78 is 16.7. The zero-order valence-corrected chi connectivity index (χ0v) is 16.9. The van der Waals surface area contributed by atoms with Crippen LogP contribution in [0.2, 0.25) is 0 Å². The summed E-state index contributed by atoms with van der Waals surface area (Å²) in [5.41, 5.74) is 5.31. The molecule has 0 saturated heterocycles. The standard InChI is InChI=1S/C25H21O3P/c26-25(28-29-27,23-15-11-21(12-16-23)19-7-3-1-4-8-19)24-17-13-22(14-18-24)20-9-5-2-6-10-20/h1-18,26H,29H2. The second kappa shape index (κ2) is 8.59. The SMILES string of the molecule is O=[PH2]OC(O)(c1ccc(-c2ccccc2)cc1)c1ccc(-c2ccccc2)cc1. The van der Waals surface area contributed by atoms with Crippen molar-refractivity contribution in [3.05, 3.63) is 120 Å². The molecular weight excluding hydrogens is 379 g/mol. The monoisotopic (exact) mass is 400 g/mol. The smallest absolute Gasteiger partial charge is 0.225 e. The molecule has 1 atom stereocenters. The molecule has 0 aliphatic rings. The predicted octanol–water partition coefficient (Wildman–Crippen LogP) is 5.90. The van der Waals surface area contributed by atoms with Crippen LogP contribution in [-0.4, -0.2) is 5.11 Å². The van der Waals surface area contributed by atoms with Crippen LogP contribution < -0.4 is 0 Å². The summed E-state index contributed by atoms with van der Waals surface area (Å²) in [5.74, 6) is -1.76. The van der Waals surface area contributed by atoms with Crippen LogP contribution >= 0.6 is 8.69 Å². The van der Waals surface area contributed by atoms with Crippen LogP contribution in [0.3, 0.4) is 0 Å². The van der Waals surface area contributed by atoms with E-state index in [2.05, 4.69) is 0 Å². The highest BCUT2D eigenvalue weighted by molar-refractivity contribution is 7.17. The first-order valence-corrected chi connectivity index (χ1v) is 10.3. The Morgan fingerprint density at radius 1 is 0.552 bits per heavy atom. The normalized spacial score (nSPS) is 11.8. The predicted molar refractivity (Wildman–Crippen MR) is 118 cm³/mol. The molecule has 0 spiro atoms. The quantitative estimate of drug-likeness (QED) is 0.324. The van der Waals surface area contributed by atoms with E-state index in [4.69, 9.17) is 4.52 Å². The molecule has 0 bridgehead atoms.